The van der Waals surface area contributed by atoms with Crippen LogP contribution in [0, 0.1) is 0 Å². The maximum Gasteiger partial charge on any atom is 0.0482 e. The van der Waals surface area contributed by atoms with E-state index in [0.29, 0.717) is 12.1 Å². The highest BCUT2D eigenvalue weighted by Gasteiger charge is 2.37. The third kappa shape index (κ3) is 1.12. The third-order valence-electron chi connectivity index (χ3n) is 3.38. The Morgan fingerprint density at radius 1 is 1.43 bits per heavy atom. The van der Waals surface area contributed by atoms with Gasteiger partial charge in [-0.25, -0.2) is 0 Å². The second-order valence-electron chi connectivity index (χ2n) is 4.19. The Labute approximate surface area is 92.2 Å². The van der Waals surface area contributed by atoms with Crippen molar-refractivity contribution in [3.8, 4) is 0 Å². The summed E-state index contributed by atoms with van der Waals surface area (Å²) in [6.45, 7) is 1.13. The van der Waals surface area contributed by atoms with Gasteiger partial charge in [-0.15, -0.1) is 0 Å². The first kappa shape index (κ1) is 8.74. The molecule has 0 bridgehead atoms. The molecule has 0 amide bonds. The first-order chi connectivity index (χ1) is 6.75. The molecule has 2 aliphatic rings. The SMILES string of the molecule is NC1CCN2c3ccc(Br)cc3CC12. The highest BCUT2D eigenvalue weighted by atomic mass is 79.9. The van der Waals surface area contributed by atoms with Crippen molar-refractivity contribution >= 4 is 21.6 Å². The maximum atomic E-state index is 6.08. The van der Waals surface area contributed by atoms with E-state index in [0.717, 1.165) is 19.4 Å². The molecule has 0 aromatic heterocycles. The number of nitrogens with two attached hydrogens (primary N) is 1. The van der Waals surface area contributed by atoms with Crippen LogP contribution in [0.1, 0.15) is 12.0 Å². The van der Waals surface area contributed by atoms with Crippen molar-refractivity contribution in [1.29, 1.82) is 0 Å². The first-order valence-electron chi connectivity index (χ1n) is 5.06. The summed E-state index contributed by atoms with van der Waals surface area (Å²) in [5.74, 6) is 0. The van der Waals surface area contributed by atoms with Gasteiger partial charge >= 0.3 is 0 Å². The predicted octanol–water partition coefficient (Wildman–Crippen LogP) is 1.91. The second kappa shape index (κ2) is 2.97. The molecule has 1 fully saturated rings. The summed E-state index contributed by atoms with van der Waals surface area (Å²) in [4.78, 5) is 2.46. The highest BCUT2D eigenvalue weighted by molar-refractivity contribution is 9.10. The zero-order chi connectivity index (χ0) is 9.71. The summed E-state index contributed by atoms with van der Waals surface area (Å²) >= 11 is 3.51. The third-order valence-corrected chi connectivity index (χ3v) is 3.87. The fraction of sp³-hybridized carbons (Fsp3) is 0.455. The van der Waals surface area contributed by atoms with Crippen molar-refractivity contribution in [1.82, 2.24) is 0 Å². The summed E-state index contributed by atoms with van der Waals surface area (Å²) in [5, 5.41) is 0. The number of benzene rings is 1. The molecule has 74 valence electrons. The van der Waals surface area contributed by atoms with Gasteiger partial charge < -0.3 is 10.6 Å². The minimum atomic E-state index is 0.362. The van der Waals surface area contributed by atoms with E-state index in [4.69, 9.17) is 5.73 Å². The van der Waals surface area contributed by atoms with Crippen LogP contribution < -0.4 is 10.6 Å². The average Bonchev–Trinajstić information content (AvgIpc) is 2.66. The van der Waals surface area contributed by atoms with Crippen LogP contribution in [0.2, 0.25) is 0 Å². The van der Waals surface area contributed by atoms with E-state index in [2.05, 4.69) is 39.0 Å². The van der Waals surface area contributed by atoms with E-state index in [1.54, 1.807) is 0 Å². The van der Waals surface area contributed by atoms with Gasteiger partial charge in [-0.2, -0.15) is 0 Å². The minimum absolute atomic E-state index is 0.362. The van der Waals surface area contributed by atoms with Gasteiger partial charge in [-0.1, -0.05) is 15.9 Å². The Hall–Kier alpha value is -0.540. The van der Waals surface area contributed by atoms with E-state index in [-0.39, 0.29) is 0 Å². The second-order valence-corrected chi connectivity index (χ2v) is 5.11. The zero-order valence-corrected chi connectivity index (χ0v) is 9.50. The number of hydrogen-bond acceptors (Lipinski definition) is 2. The molecule has 1 aromatic rings. The van der Waals surface area contributed by atoms with Crippen LogP contribution in [0.15, 0.2) is 22.7 Å². The quantitative estimate of drug-likeness (QED) is 0.765. The number of halogens is 1. The zero-order valence-electron chi connectivity index (χ0n) is 7.91. The van der Waals surface area contributed by atoms with Gasteiger partial charge in [0.15, 0.2) is 0 Å². The number of anilines is 1. The summed E-state index contributed by atoms with van der Waals surface area (Å²) in [7, 11) is 0. The molecule has 0 saturated carbocycles. The van der Waals surface area contributed by atoms with Crippen molar-refractivity contribution in [2.24, 2.45) is 5.73 Å². The lowest BCUT2D eigenvalue weighted by Gasteiger charge is -2.20. The lowest BCUT2D eigenvalue weighted by Crippen LogP contribution is -2.36. The van der Waals surface area contributed by atoms with Gasteiger partial charge in [-0.05, 0) is 36.6 Å². The van der Waals surface area contributed by atoms with Crippen LogP contribution >= 0.6 is 15.9 Å². The topological polar surface area (TPSA) is 29.3 Å². The van der Waals surface area contributed by atoms with E-state index in [1.165, 1.54) is 15.7 Å². The van der Waals surface area contributed by atoms with Gasteiger partial charge in [0.05, 0.1) is 0 Å². The fourth-order valence-corrected chi connectivity index (χ4v) is 3.07. The number of rotatable bonds is 0. The Bertz CT molecular complexity index is 378. The summed E-state index contributed by atoms with van der Waals surface area (Å²) < 4.78 is 1.17. The molecule has 2 aliphatic heterocycles. The van der Waals surface area contributed by atoms with Crippen LogP contribution in [-0.4, -0.2) is 18.6 Å². The van der Waals surface area contributed by atoms with Crippen molar-refractivity contribution in [3.63, 3.8) is 0 Å². The summed E-state index contributed by atoms with van der Waals surface area (Å²) in [5.41, 5.74) is 8.92. The molecule has 2 heterocycles. The summed E-state index contributed by atoms with van der Waals surface area (Å²) in [6, 6.07) is 7.46. The largest absolute Gasteiger partial charge is 0.366 e. The molecule has 3 rings (SSSR count). The standard InChI is InChI=1S/C11H13BrN2/c12-8-1-2-10-7(5-8)6-11-9(13)3-4-14(10)11/h1-2,5,9,11H,3-4,6,13H2. The average molecular weight is 253 g/mol. The molecule has 0 aliphatic carbocycles. The Balaban J connectivity index is 2.04. The predicted molar refractivity (Wildman–Crippen MR) is 61.6 cm³/mol. The molecule has 1 aromatic carbocycles. The molecule has 0 radical (unpaired) electrons. The molecule has 14 heavy (non-hydrogen) atoms. The number of nitrogens with zero attached hydrogens (tertiary/aromatic N) is 1. The monoisotopic (exact) mass is 252 g/mol. The Morgan fingerprint density at radius 3 is 3.14 bits per heavy atom. The maximum absolute atomic E-state index is 6.08. The molecule has 2 N–H and O–H groups in total. The van der Waals surface area contributed by atoms with Gasteiger partial charge in [0.1, 0.15) is 0 Å². The number of hydrogen-bond donors (Lipinski definition) is 1. The summed E-state index contributed by atoms with van der Waals surface area (Å²) in [6.07, 6.45) is 2.26. The Kier molecular flexibility index (Phi) is 1.86. The van der Waals surface area contributed by atoms with Crippen molar-refractivity contribution < 1.29 is 0 Å². The van der Waals surface area contributed by atoms with E-state index < -0.39 is 0 Å². The highest BCUT2D eigenvalue weighted by Crippen LogP contribution is 2.38. The van der Waals surface area contributed by atoms with Crippen LogP contribution in [0.5, 0.6) is 0 Å². The van der Waals surface area contributed by atoms with Gasteiger partial charge in [0.25, 0.3) is 0 Å². The van der Waals surface area contributed by atoms with E-state index in [9.17, 15) is 0 Å². The van der Waals surface area contributed by atoms with Gasteiger partial charge in [-0.3, -0.25) is 0 Å². The number of fused-ring (bicyclic) bond motifs is 3. The molecule has 2 atom stereocenters. The lowest BCUT2D eigenvalue weighted by molar-refractivity contribution is 0.600. The van der Waals surface area contributed by atoms with Gasteiger partial charge in [0.2, 0.25) is 0 Å². The molecule has 1 saturated heterocycles. The van der Waals surface area contributed by atoms with Crippen LogP contribution in [-0.2, 0) is 6.42 Å². The van der Waals surface area contributed by atoms with Crippen molar-refractivity contribution in [3.05, 3.63) is 28.2 Å². The van der Waals surface area contributed by atoms with Gasteiger partial charge in [0, 0.05) is 28.8 Å². The molecule has 3 heteroatoms. The van der Waals surface area contributed by atoms with E-state index >= 15 is 0 Å². The normalized spacial score (nSPS) is 29.1. The van der Waals surface area contributed by atoms with Crippen molar-refractivity contribution in [2.75, 3.05) is 11.4 Å². The van der Waals surface area contributed by atoms with Crippen LogP contribution in [0.25, 0.3) is 0 Å². The van der Waals surface area contributed by atoms with Crippen LogP contribution in [0.4, 0.5) is 5.69 Å². The molecular weight excluding hydrogens is 240 g/mol. The molecule has 0 spiro atoms. The van der Waals surface area contributed by atoms with Crippen molar-refractivity contribution in [2.45, 2.75) is 24.9 Å². The first-order valence-corrected chi connectivity index (χ1v) is 5.85. The fourth-order valence-electron chi connectivity index (χ4n) is 2.66. The lowest BCUT2D eigenvalue weighted by atomic mass is 10.0. The van der Waals surface area contributed by atoms with Crippen LogP contribution in [0.3, 0.4) is 0 Å². The molecule has 2 unspecified atom stereocenters. The smallest absolute Gasteiger partial charge is 0.0482 e. The molecular formula is C11H13BrN2. The minimum Gasteiger partial charge on any atom is -0.366 e. The Morgan fingerprint density at radius 2 is 2.29 bits per heavy atom. The van der Waals surface area contributed by atoms with E-state index in [1.807, 2.05) is 0 Å². The molecule has 2 nitrogen and oxygen atoms in total.